The zero-order valence-corrected chi connectivity index (χ0v) is 16.6. The second-order valence-corrected chi connectivity index (χ2v) is 7.17. The first-order valence-electron chi connectivity index (χ1n) is 9.11. The summed E-state index contributed by atoms with van der Waals surface area (Å²) in [4.78, 5) is 29.7. The minimum absolute atomic E-state index is 0.259. The lowest BCUT2D eigenvalue weighted by molar-refractivity contribution is -0.0266. The molecule has 0 amide bonds. The Morgan fingerprint density at radius 3 is 2.27 bits per heavy atom. The van der Waals surface area contributed by atoms with Crippen molar-refractivity contribution in [3.8, 4) is 22.6 Å². The predicted octanol–water partition coefficient (Wildman–Crippen LogP) is 2.89. The molecule has 4 rings (SSSR count). The number of methoxy groups -OCH3 is 2. The minimum atomic E-state index is -2.74. The smallest absolute Gasteiger partial charge is 0.282 e. The highest BCUT2D eigenvalue weighted by molar-refractivity contribution is 5.98. The minimum Gasteiger partial charge on any atom is -0.496 e. The van der Waals surface area contributed by atoms with Crippen molar-refractivity contribution >= 4 is 22.9 Å². The van der Waals surface area contributed by atoms with E-state index in [2.05, 4.69) is 4.98 Å². The maximum Gasteiger partial charge on any atom is 0.282 e. The number of carbonyl (C=O) groups is 1. The van der Waals surface area contributed by atoms with Crippen LogP contribution in [0.25, 0.3) is 21.9 Å². The second kappa shape index (κ2) is 7.08. The van der Waals surface area contributed by atoms with Crippen LogP contribution in [0.15, 0.2) is 35.4 Å². The molecule has 2 aromatic heterocycles. The van der Waals surface area contributed by atoms with E-state index in [0.717, 1.165) is 0 Å². The van der Waals surface area contributed by atoms with Gasteiger partial charge in [0, 0.05) is 30.4 Å². The largest absolute Gasteiger partial charge is 0.496 e. The molecule has 1 aromatic carbocycles. The highest BCUT2D eigenvalue weighted by Gasteiger charge is 2.44. The number of rotatable bonds is 5. The Morgan fingerprint density at radius 1 is 1.10 bits per heavy atom. The molecule has 0 aliphatic carbocycles. The molecule has 1 aliphatic heterocycles. The Morgan fingerprint density at radius 2 is 1.73 bits per heavy atom. The molecule has 30 heavy (non-hydrogen) atoms. The van der Waals surface area contributed by atoms with Crippen molar-refractivity contribution in [1.29, 1.82) is 0 Å². The molecule has 9 heteroatoms. The molecule has 1 saturated heterocycles. The maximum absolute atomic E-state index is 13.3. The van der Waals surface area contributed by atoms with Crippen molar-refractivity contribution in [2.75, 3.05) is 32.2 Å². The van der Waals surface area contributed by atoms with Gasteiger partial charge in [-0.1, -0.05) is 0 Å². The number of anilines is 1. The van der Waals surface area contributed by atoms with Gasteiger partial charge in [0.1, 0.15) is 17.3 Å². The predicted molar refractivity (Wildman–Crippen MR) is 108 cm³/mol. The molecule has 156 valence electrons. The van der Waals surface area contributed by atoms with Crippen molar-refractivity contribution in [2.45, 2.75) is 5.92 Å². The summed E-state index contributed by atoms with van der Waals surface area (Å²) >= 11 is 0. The molecule has 0 saturated carbocycles. The van der Waals surface area contributed by atoms with Gasteiger partial charge >= 0.3 is 0 Å². The van der Waals surface area contributed by atoms with Gasteiger partial charge in [0.25, 0.3) is 11.5 Å². The van der Waals surface area contributed by atoms with Gasteiger partial charge in [0.15, 0.2) is 6.29 Å². The molecule has 3 heterocycles. The van der Waals surface area contributed by atoms with Gasteiger partial charge in [-0.05, 0) is 23.8 Å². The Kier molecular flexibility index (Phi) is 4.68. The van der Waals surface area contributed by atoms with E-state index in [1.54, 1.807) is 31.4 Å². The molecule has 0 bridgehead atoms. The first kappa shape index (κ1) is 19.8. The summed E-state index contributed by atoms with van der Waals surface area (Å²) in [5, 5.41) is 0.907. The summed E-state index contributed by atoms with van der Waals surface area (Å²) in [6, 6.07) is 4.97. The molecular formula is C21H19F2N3O4. The van der Waals surface area contributed by atoms with Gasteiger partial charge in [-0.2, -0.15) is 0 Å². The van der Waals surface area contributed by atoms with Gasteiger partial charge in [-0.15, -0.1) is 0 Å². The number of benzene rings is 1. The molecule has 0 atom stereocenters. The summed E-state index contributed by atoms with van der Waals surface area (Å²) in [5.74, 6) is -1.74. The van der Waals surface area contributed by atoms with Crippen molar-refractivity contribution in [3.05, 3.63) is 46.5 Å². The number of aryl methyl sites for hydroxylation is 1. The Bertz CT molecular complexity index is 1190. The zero-order chi connectivity index (χ0) is 21.6. The van der Waals surface area contributed by atoms with Crippen LogP contribution in [-0.4, -0.2) is 49.1 Å². The molecule has 1 aliphatic rings. The number of alkyl halides is 2. The molecule has 3 aromatic rings. The number of ether oxygens (including phenoxy) is 2. The standard InChI is InChI=1S/C21H19F2N3O4/c1-25-8-15(12-4-17(29-2)16(9-27)18(5-12)30-3)13-6-19(24-7-14(13)20(25)28)26-10-21(22,23)11-26/h4-9H,10-11H2,1-3H3. The van der Waals surface area contributed by atoms with Crippen LogP contribution in [0.5, 0.6) is 11.5 Å². The maximum atomic E-state index is 13.3. The Balaban J connectivity index is 1.95. The van der Waals surface area contributed by atoms with Crippen LogP contribution in [0.3, 0.4) is 0 Å². The van der Waals surface area contributed by atoms with Gasteiger partial charge < -0.3 is 18.9 Å². The number of halogens is 2. The Hall–Kier alpha value is -3.49. The summed E-state index contributed by atoms with van der Waals surface area (Å²) in [7, 11) is 4.50. The fraction of sp³-hybridized carbons (Fsp3) is 0.286. The van der Waals surface area contributed by atoms with E-state index < -0.39 is 19.0 Å². The van der Waals surface area contributed by atoms with E-state index in [1.165, 1.54) is 29.9 Å². The quantitative estimate of drug-likeness (QED) is 0.597. The number of pyridine rings is 2. The monoisotopic (exact) mass is 415 g/mol. The van der Waals surface area contributed by atoms with Crippen LogP contribution in [0.2, 0.25) is 0 Å². The molecule has 1 fully saturated rings. The number of fused-ring (bicyclic) bond motifs is 1. The summed E-state index contributed by atoms with van der Waals surface area (Å²) in [5.41, 5.74) is 1.30. The van der Waals surface area contributed by atoms with Crippen LogP contribution < -0.4 is 19.9 Å². The third-order valence-corrected chi connectivity index (χ3v) is 5.19. The van der Waals surface area contributed by atoms with Gasteiger partial charge in [0.05, 0.1) is 38.3 Å². The number of hydrogen-bond acceptors (Lipinski definition) is 6. The molecule has 7 nitrogen and oxygen atoms in total. The van der Waals surface area contributed by atoms with Crippen LogP contribution in [0, 0.1) is 0 Å². The van der Waals surface area contributed by atoms with Gasteiger partial charge in [-0.3, -0.25) is 9.59 Å². The topological polar surface area (TPSA) is 73.7 Å². The lowest BCUT2D eigenvalue weighted by atomic mass is 9.99. The number of hydrogen-bond donors (Lipinski definition) is 0. The van der Waals surface area contributed by atoms with Crippen LogP contribution in [0.1, 0.15) is 10.4 Å². The molecule has 0 spiro atoms. The van der Waals surface area contributed by atoms with E-state index in [9.17, 15) is 18.4 Å². The number of nitrogens with zero attached hydrogens (tertiary/aromatic N) is 3. The van der Waals surface area contributed by atoms with Gasteiger partial charge in [0.2, 0.25) is 0 Å². The third-order valence-electron chi connectivity index (χ3n) is 5.19. The van der Waals surface area contributed by atoms with E-state index >= 15 is 0 Å². The fourth-order valence-electron chi connectivity index (χ4n) is 3.64. The highest BCUT2D eigenvalue weighted by atomic mass is 19.3. The van der Waals surface area contributed by atoms with Crippen molar-refractivity contribution in [3.63, 3.8) is 0 Å². The molecule has 0 radical (unpaired) electrons. The number of aromatic nitrogens is 2. The van der Waals surface area contributed by atoms with Crippen LogP contribution in [0.4, 0.5) is 14.6 Å². The van der Waals surface area contributed by atoms with Crippen LogP contribution >= 0.6 is 0 Å². The van der Waals surface area contributed by atoms with E-state index in [4.69, 9.17) is 9.47 Å². The molecular weight excluding hydrogens is 396 g/mol. The van der Waals surface area contributed by atoms with Crippen molar-refractivity contribution < 1.29 is 23.0 Å². The van der Waals surface area contributed by atoms with Gasteiger partial charge in [-0.25, -0.2) is 13.8 Å². The van der Waals surface area contributed by atoms with E-state index in [0.29, 0.717) is 45.5 Å². The third kappa shape index (κ3) is 3.16. The average Bonchev–Trinajstić information content (AvgIpc) is 2.72. The SMILES string of the molecule is COc1cc(-c2cn(C)c(=O)c3cnc(N4CC(F)(F)C4)cc23)cc(OC)c1C=O. The number of aldehydes is 1. The Labute approximate surface area is 170 Å². The zero-order valence-electron chi connectivity index (χ0n) is 16.6. The first-order chi connectivity index (χ1) is 14.3. The summed E-state index contributed by atoms with van der Waals surface area (Å²) in [6.45, 7) is -0.831. The second-order valence-electron chi connectivity index (χ2n) is 7.17. The highest BCUT2D eigenvalue weighted by Crippen LogP contribution is 2.38. The summed E-state index contributed by atoms with van der Waals surface area (Å²) < 4.78 is 38.7. The van der Waals surface area contributed by atoms with Crippen molar-refractivity contribution in [1.82, 2.24) is 9.55 Å². The molecule has 0 unspecified atom stereocenters. The molecule has 0 N–H and O–H groups in total. The summed E-state index contributed by atoms with van der Waals surface area (Å²) in [6.07, 6.45) is 3.70. The van der Waals surface area contributed by atoms with E-state index in [-0.39, 0.29) is 11.1 Å². The lowest BCUT2D eigenvalue weighted by Crippen LogP contribution is -2.56. The number of carbonyl (C=O) groups excluding carboxylic acids is 1. The first-order valence-corrected chi connectivity index (χ1v) is 9.11. The lowest BCUT2D eigenvalue weighted by Gasteiger charge is -2.39. The van der Waals surface area contributed by atoms with Crippen molar-refractivity contribution in [2.24, 2.45) is 7.05 Å². The normalized spacial score (nSPS) is 15.0. The van der Waals surface area contributed by atoms with Crippen LogP contribution in [-0.2, 0) is 7.05 Å². The fourth-order valence-corrected chi connectivity index (χ4v) is 3.64. The van der Waals surface area contributed by atoms with E-state index in [1.807, 2.05) is 0 Å². The average molecular weight is 415 g/mol.